The van der Waals surface area contributed by atoms with Crippen LogP contribution in [0.1, 0.15) is 26.7 Å². The van der Waals surface area contributed by atoms with Gasteiger partial charge < -0.3 is 20.9 Å². The molecule has 0 spiro atoms. The molecule has 0 bridgehead atoms. The van der Waals surface area contributed by atoms with E-state index < -0.39 is 22.0 Å². The fourth-order valence-electron chi connectivity index (χ4n) is 5.09. The van der Waals surface area contributed by atoms with Crippen LogP contribution in [0.5, 0.6) is 0 Å². The van der Waals surface area contributed by atoms with Gasteiger partial charge >= 0.3 is 0 Å². The van der Waals surface area contributed by atoms with Crippen molar-refractivity contribution in [2.75, 3.05) is 10.6 Å². The van der Waals surface area contributed by atoms with E-state index in [-0.39, 0.29) is 22.9 Å². The number of benzene rings is 5. The van der Waals surface area contributed by atoms with E-state index in [4.69, 9.17) is 0 Å². The van der Waals surface area contributed by atoms with Crippen LogP contribution < -0.4 is 16.0 Å². The normalized spacial score (nSPS) is 11.8. The highest BCUT2D eigenvalue weighted by Gasteiger charge is 2.23. The van der Waals surface area contributed by atoms with Crippen LogP contribution in [0, 0.1) is 10.1 Å². The van der Waals surface area contributed by atoms with Gasteiger partial charge in [0.15, 0.2) is 0 Å². The fourth-order valence-corrected chi connectivity index (χ4v) is 6.17. The maximum atomic E-state index is 13.7. The van der Waals surface area contributed by atoms with Crippen LogP contribution in [-0.4, -0.2) is 27.6 Å². The fraction of sp³-hybridized carbons (Fsp3) is 0.0263. The van der Waals surface area contributed by atoms with Crippen LogP contribution in [0.3, 0.4) is 0 Å². The molecule has 0 aliphatic carbocycles. The van der Waals surface area contributed by atoms with Crippen LogP contribution in [0.15, 0.2) is 150 Å². The van der Waals surface area contributed by atoms with Gasteiger partial charge in [0.1, 0.15) is 10.9 Å². The number of fused-ring (bicyclic) bond motifs is 1. The average Bonchev–Trinajstić information content (AvgIpc) is 3.59. The quantitative estimate of drug-likeness (QED) is 0.0477. The summed E-state index contributed by atoms with van der Waals surface area (Å²) in [6, 6.07) is 38.2. The Kier molecular flexibility index (Phi) is 9.92. The summed E-state index contributed by atoms with van der Waals surface area (Å²) < 4.78 is 0. The lowest BCUT2D eigenvalue weighted by Crippen LogP contribution is -2.30. The Bertz CT molecular complexity index is 2180. The first-order chi connectivity index (χ1) is 23.8. The molecule has 242 valence electrons. The molecule has 0 saturated heterocycles. The first-order valence-corrected chi connectivity index (χ1v) is 16.0. The third-order valence-electron chi connectivity index (χ3n) is 7.47. The first kappa shape index (κ1) is 32.5. The molecule has 0 aliphatic rings. The van der Waals surface area contributed by atoms with Crippen molar-refractivity contribution in [1.82, 2.24) is 10.3 Å². The number of H-pyrrole nitrogens is 1. The number of hydrogen-bond donors (Lipinski definition) is 4. The number of anilines is 2. The number of nitro groups is 1. The molecule has 6 aromatic rings. The summed E-state index contributed by atoms with van der Waals surface area (Å²) in [7, 11) is 0. The van der Waals surface area contributed by atoms with E-state index in [2.05, 4.69) is 20.9 Å². The summed E-state index contributed by atoms with van der Waals surface area (Å²) in [6.07, 6.45) is 3.11. The second-order valence-electron chi connectivity index (χ2n) is 10.9. The number of carbonyl (C=O) groups is 3. The lowest BCUT2D eigenvalue weighted by atomic mass is 10.1. The number of para-hydroxylation sites is 1. The second-order valence-corrected chi connectivity index (χ2v) is 12.0. The summed E-state index contributed by atoms with van der Waals surface area (Å²) in [4.78, 5) is 55.4. The SMILES string of the molecule is O=C(Nc1cccc(SC(C(=O)Nc2ccc3cc[nH]c3c2)c2ccccc2)c1)/C(=C\c1ccccc1[N+](=O)[O-])NC(=O)c1ccccc1. The summed E-state index contributed by atoms with van der Waals surface area (Å²) >= 11 is 1.31. The Morgan fingerprint density at radius 3 is 2.24 bits per heavy atom. The van der Waals surface area contributed by atoms with Crippen molar-refractivity contribution < 1.29 is 19.3 Å². The highest BCUT2D eigenvalue weighted by atomic mass is 32.2. The summed E-state index contributed by atoms with van der Waals surface area (Å²) in [5.41, 5.74) is 2.77. The van der Waals surface area contributed by atoms with Crippen molar-refractivity contribution in [2.45, 2.75) is 10.1 Å². The molecular formula is C38H29N5O5S. The highest BCUT2D eigenvalue weighted by molar-refractivity contribution is 8.00. The van der Waals surface area contributed by atoms with Crippen LogP contribution in [0.4, 0.5) is 17.1 Å². The molecule has 1 aromatic heterocycles. The number of nitrogens with zero attached hydrogens (tertiary/aromatic N) is 1. The predicted octanol–water partition coefficient (Wildman–Crippen LogP) is 7.96. The molecule has 3 amide bonds. The van der Waals surface area contributed by atoms with E-state index in [0.29, 0.717) is 21.8 Å². The molecule has 5 aromatic carbocycles. The third kappa shape index (κ3) is 8.10. The lowest BCUT2D eigenvalue weighted by molar-refractivity contribution is -0.385. The molecule has 0 saturated carbocycles. The number of amides is 3. The Labute approximate surface area is 285 Å². The standard InChI is InChI=1S/C38H29N5O5S/c44-36(27-12-5-2-6-13-27)42-33(22-28-14-7-8-17-34(28)43(47)48)37(45)40-29-15-9-16-31(23-29)49-35(26-10-3-1-4-11-26)38(46)41-30-19-18-25-20-21-39-32(25)24-30/h1-24,35,39H,(H,40,45)(H,41,46)(H,42,44)/b33-22+. The smallest absolute Gasteiger partial charge is 0.276 e. The monoisotopic (exact) mass is 667 g/mol. The highest BCUT2D eigenvalue weighted by Crippen LogP contribution is 2.37. The number of aromatic amines is 1. The zero-order valence-electron chi connectivity index (χ0n) is 25.8. The molecule has 1 atom stereocenters. The molecular weight excluding hydrogens is 639 g/mol. The van der Waals surface area contributed by atoms with Gasteiger partial charge in [0.05, 0.1) is 10.5 Å². The van der Waals surface area contributed by atoms with Gasteiger partial charge in [-0.05, 0) is 71.6 Å². The topological polar surface area (TPSA) is 146 Å². The van der Waals surface area contributed by atoms with Crippen molar-refractivity contribution in [3.8, 4) is 0 Å². The number of carbonyl (C=O) groups excluding carboxylic acids is 3. The van der Waals surface area contributed by atoms with Crippen molar-refractivity contribution in [1.29, 1.82) is 0 Å². The molecule has 0 fully saturated rings. The van der Waals surface area contributed by atoms with Gasteiger partial charge in [-0.1, -0.05) is 72.8 Å². The van der Waals surface area contributed by atoms with Crippen LogP contribution in [0.25, 0.3) is 17.0 Å². The van der Waals surface area contributed by atoms with Gasteiger partial charge in [0, 0.05) is 39.6 Å². The largest absolute Gasteiger partial charge is 0.361 e. The molecule has 0 radical (unpaired) electrons. The van der Waals surface area contributed by atoms with E-state index in [0.717, 1.165) is 16.5 Å². The van der Waals surface area contributed by atoms with Crippen molar-refractivity contribution in [2.24, 2.45) is 0 Å². The van der Waals surface area contributed by atoms with Crippen molar-refractivity contribution >= 4 is 63.5 Å². The maximum Gasteiger partial charge on any atom is 0.276 e. The number of nitro benzene ring substituents is 1. The Morgan fingerprint density at radius 1 is 0.755 bits per heavy atom. The average molecular weight is 668 g/mol. The minimum absolute atomic E-state index is 0.141. The van der Waals surface area contributed by atoms with Crippen LogP contribution in [-0.2, 0) is 9.59 Å². The van der Waals surface area contributed by atoms with Gasteiger partial charge in [-0.2, -0.15) is 0 Å². The zero-order chi connectivity index (χ0) is 34.2. The number of nitrogens with one attached hydrogen (secondary N) is 4. The summed E-state index contributed by atoms with van der Waals surface area (Å²) in [6.45, 7) is 0. The van der Waals surface area contributed by atoms with Gasteiger partial charge in [0.25, 0.3) is 17.5 Å². The Hall–Kier alpha value is -6.46. The lowest BCUT2D eigenvalue weighted by Gasteiger charge is -2.18. The van der Waals surface area contributed by atoms with E-state index in [1.165, 1.54) is 36.0 Å². The Morgan fingerprint density at radius 2 is 1.47 bits per heavy atom. The molecule has 0 aliphatic heterocycles. The molecule has 11 heteroatoms. The Balaban J connectivity index is 1.25. The minimum Gasteiger partial charge on any atom is -0.361 e. The van der Waals surface area contributed by atoms with E-state index >= 15 is 0 Å². The third-order valence-corrected chi connectivity index (χ3v) is 8.72. The van der Waals surface area contributed by atoms with Crippen LogP contribution in [0.2, 0.25) is 0 Å². The maximum absolute atomic E-state index is 13.7. The molecule has 10 nitrogen and oxygen atoms in total. The number of rotatable bonds is 11. The first-order valence-electron chi connectivity index (χ1n) is 15.2. The number of aromatic nitrogens is 1. The molecule has 1 unspecified atom stereocenters. The minimum atomic E-state index is -0.693. The van der Waals surface area contributed by atoms with Crippen molar-refractivity contribution in [3.63, 3.8) is 0 Å². The number of thioether (sulfide) groups is 1. The number of hydrogen-bond acceptors (Lipinski definition) is 6. The summed E-state index contributed by atoms with van der Waals surface area (Å²) in [5.74, 6) is -1.48. The predicted molar refractivity (Wildman–Crippen MR) is 192 cm³/mol. The van der Waals surface area contributed by atoms with E-state index in [1.807, 2.05) is 66.9 Å². The molecule has 6 rings (SSSR count). The van der Waals surface area contributed by atoms with E-state index in [9.17, 15) is 24.5 Å². The van der Waals surface area contributed by atoms with Gasteiger partial charge in [-0.25, -0.2) is 0 Å². The van der Waals surface area contributed by atoms with E-state index in [1.54, 1.807) is 54.6 Å². The molecule has 4 N–H and O–H groups in total. The van der Waals surface area contributed by atoms with Crippen molar-refractivity contribution in [3.05, 3.63) is 172 Å². The molecule has 49 heavy (non-hydrogen) atoms. The second kappa shape index (κ2) is 15.0. The molecule has 1 heterocycles. The van der Waals surface area contributed by atoms with Gasteiger partial charge in [-0.3, -0.25) is 24.5 Å². The summed E-state index contributed by atoms with van der Waals surface area (Å²) in [5, 5.41) is 20.5. The van der Waals surface area contributed by atoms with Crippen LogP contribution >= 0.6 is 11.8 Å². The van der Waals surface area contributed by atoms with Gasteiger partial charge in [-0.15, -0.1) is 11.8 Å². The van der Waals surface area contributed by atoms with Gasteiger partial charge in [0.2, 0.25) is 5.91 Å². The zero-order valence-corrected chi connectivity index (χ0v) is 26.6.